The first-order valence-corrected chi connectivity index (χ1v) is 15.9. The van der Waals surface area contributed by atoms with Crippen LogP contribution in [0.15, 0.2) is 36.9 Å². The van der Waals surface area contributed by atoms with E-state index in [1.807, 2.05) is 0 Å². The van der Waals surface area contributed by atoms with Gasteiger partial charge in [-0.3, -0.25) is 14.4 Å². The molecule has 19 heteroatoms. The van der Waals surface area contributed by atoms with Crippen LogP contribution in [0.5, 0.6) is 0 Å². The highest BCUT2D eigenvalue weighted by atomic mass is 35.5. The first-order chi connectivity index (χ1) is 22.8. The molecule has 0 bridgehead atoms. The van der Waals surface area contributed by atoms with Crippen molar-refractivity contribution in [1.29, 1.82) is 0 Å². The zero-order valence-electron chi connectivity index (χ0n) is 25.8. The first kappa shape index (κ1) is 37.5. The molecule has 0 aliphatic carbocycles. The van der Waals surface area contributed by atoms with Crippen LogP contribution in [0, 0.1) is 0 Å². The summed E-state index contributed by atoms with van der Waals surface area (Å²) in [5.74, 6) is -3.35. The Morgan fingerprint density at radius 3 is 1.71 bits per heavy atom. The van der Waals surface area contributed by atoms with E-state index in [1.54, 1.807) is 16.7 Å². The second kappa shape index (κ2) is 13.4. The van der Waals surface area contributed by atoms with Crippen LogP contribution in [-0.2, 0) is 23.9 Å². The zero-order chi connectivity index (χ0) is 36.4. The van der Waals surface area contributed by atoms with E-state index in [2.05, 4.69) is 9.97 Å². The Balaban J connectivity index is 0.000000204. The van der Waals surface area contributed by atoms with Gasteiger partial charge in [0.25, 0.3) is 0 Å². The van der Waals surface area contributed by atoms with E-state index in [9.17, 15) is 45.0 Å². The number of carbonyl (C=O) groups is 3. The Morgan fingerprint density at radius 2 is 1.22 bits per heavy atom. The summed E-state index contributed by atoms with van der Waals surface area (Å²) in [5, 5.41) is 63.7. The van der Waals surface area contributed by atoms with Crippen LogP contribution >= 0.6 is 46.4 Å². The van der Waals surface area contributed by atoms with Crippen LogP contribution in [0.4, 0.5) is 0 Å². The number of hydrogen-bond donors (Lipinski definition) is 6. The quantitative estimate of drug-likeness (QED) is 0.171. The van der Waals surface area contributed by atoms with E-state index in [4.69, 9.17) is 55.9 Å². The van der Waals surface area contributed by atoms with Crippen molar-refractivity contribution in [3.63, 3.8) is 0 Å². The molecule has 6 rings (SSSR count). The lowest BCUT2D eigenvalue weighted by Gasteiger charge is -2.54. The number of aliphatic hydroxyl groups excluding tert-OH is 3. The van der Waals surface area contributed by atoms with E-state index in [1.165, 1.54) is 29.4 Å². The van der Waals surface area contributed by atoms with Crippen LogP contribution in [0.1, 0.15) is 33.2 Å². The Bertz CT molecular complexity index is 1970. The van der Waals surface area contributed by atoms with Crippen molar-refractivity contribution in [1.82, 2.24) is 19.1 Å². The molecule has 15 nitrogen and oxygen atoms in total. The maximum atomic E-state index is 12.6. The summed E-state index contributed by atoms with van der Waals surface area (Å²) < 4.78 is 13.6. The number of rotatable bonds is 5. The van der Waals surface area contributed by atoms with Gasteiger partial charge in [-0.15, -0.1) is 0 Å². The minimum atomic E-state index is -3.19. The minimum absolute atomic E-state index is 0.0795. The van der Waals surface area contributed by atoms with Gasteiger partial charge >= 0.3 is 0 Å². The molecule has 49 heavy (non-hydrogen) atoms. The molecule has 2 saturated heterocycles. The number of benzene rings is 2. The molecular weight excluding hydrogens is 734 g/mol. The maximum absolute atomic E-state index is 12.6. The van der Waals surface area contributed by atoms with Crippen molar-refractivity contribution in [2.75, 3.05) is 13.2 Å². The van der Waals surface area contributed by atoms with Gasteiger partial charge in [-0.05, 0) is 45.0 Å². The fraction of sp³-hybridized carbons (Fsp3) is 0.433. The molecule has 8 atom stereocenters. The number of ether oxygens (including phenoxy) is 2. The van der Waals surface area contributed by atoms with Gasteiger partial charge in [0, 0.05) is 0 Å². The van der Waals surface area contributed by atoms with Gasteiger partial charge in [-0.2, -0.15) is 0 Å². The van der Waals surface area contributed by atoms with Gasteiger partial charge in [0.1, 0.15) is 18.3 Å². The number of hydrogen-bond acceptors (Lipinski definition) is 13. The molecule has 0 amide bonds. The lowest BCUT2D eigenvalue weighted by Crippen LogP contribution is -2.82. The fourth-order valence-corrected chi connectivity index (χ4v) is 6.65. The zero-order valence-corrected chi connectivity index (χ0v) is 28.8. The van der Waals surface area contributed by atoms with Crippen molar-refractivity contribution in [3.05, 3.63) is 57.0 Å². The molecule has 2 aliphatic heterocycles. The summed E-state index contributed by atoms with van der Waals surface area (Å²) in [7, 11) is 0. The highest BCUT2D eigenvalue weighted by Crippen LogP contribution is 2.48. The number of aliphatic hydroxyl groups is 6. The molecule has 0 saturated carbocycles. The van der Waals surface area contributed by atoms with E-state index >= 15 is 0 Å². The number of carbonyl (C=O) groups excluding carboxylic acids is 3. The van der Waals surface area contributed by atoms with Gasteiger partial charge in [-0.25, -0.2) is 9.97 Å². The third-order valence-electron chi connectivity index (χ3n) is 8.82. The SMILES string of the molecule is CC(=O)[C@@]1(O)[C@@](O)(C(C)=O)CO[C@@H](n2cnc3cc(Cl)c(Cl)cc32)[C@@]1(O)C(C)=O.O[C@@H]1[C@H](O)[C@H](O)CO[C@H]1n1cnc2cc(Cl)c(Cl)cc21. The minimum Gasteiger partial charge on any atom is -0.388 e. The van der Waals surface area contributed by atoms with Gasteiger partial charge in [0.05, 0.1) is 68.0 Å². The van der Waals surface area contributed by atoms with Crippen LogP contribution in [0.3, 0.4) is 0 Å². The van der Waals surface area contributed by atoms with E-state index in [-0.39, 0.29) is 22.2 Å². The number of fused-ring (bicyclic) bond motifs is 2. The van der Waals surface area contributed by atoms with Crippen molar-refractivity contribution in [3.8, 4) is 0 Å². The molecular formula is C30H30Cl4N4O11. The van der Waals surface area contributed by atoms with Crippen LogP contribution in [0.2, 0.25) is 20.1 Å². The lowest BCUT2D eigenvalue weighted by molar-refractivity contribution is -0.310. The number of aromatic nitrogens is 4. The maximum Gasteiger partial charge on any atom is 0.207 e. The smallest absolute Gasteiger partial charge is 0.207 e. The second-order valence-electron chi connectivity index (χ2n) is 11.8. The summed E-state index contributed by atoms with van der Waals surface area (Å²) in [6, 6.07) is 6.05. The van der Waals surface area contributed by atoms with Crippen molar-refractivity contribution in [2.45, 2.75) is 68.3 Å². The fourth-order valence-electron chi connectivity index (χ4n) is 6.02. The molecule has 2 aromatic heterocycles. The van der Waals surface area contributed by atoms with Gasteiger partial charge < -0.3 is 49.2 Å². The Hall–Kier alpha value is -2.77. The Morgan fingerprint density at radius 1 is 0.735 bits per heavy atom. The van der Waals surface area contributed by atoms with Gasteiger partial charge in [-0.1, -0.05) is 46.4 Å². The summed E-state index contributed by atoms with van der Waals surface area (Å²) >= 11 is 23.9. The molecule has 4 heterocycles. The molecule has 0 spiro atoms. The highest BCUT2D eigenvalue weighted by molar-refractivity contribution is 6.43. The van der Waals surface area contributed by atoms with Crippen LogP contribution in [0.25, 0.3) is 22.1 Å². The third kappa shape index (κ3) is 5.85. The molecule has 6 N–H and O–H groups in total. The standard InChI is InChI=1S/C18H18Cl2N2O7.C12H12Cl2N2O4/c1-8(23)16(26)6-29-15(17(27,9(2)24)18(16,28)10(3)25)22-7-21-13-4-11(19)12(20)5-14(13)22;13-5-1-7-8(2-6(5)14)16(4-15-7)12-11(19)10(18)9(17)3-20-12/h4-5,7,15,26-28H,6H2,1-3H3;1-2,4,9-12,17-19H,3H2/t15-,16+,17+,18-;9-,10-,11-,12-/m11/s1. The summed E-state index contributed by atoms with van der Waals surface area (Å²) in [5.41, 5.74) is -7.27. The number of nitrogens with zero attached hydrogens (tertiary/aromatic N) is 4. The van der Waals surface area contributed by atoms with E-state index < -0.39 is 71.5 Å². The lowest BCUT2D eigenvalue weighted by atomic mass is 9.63. The van der Waals surface area contributed by atoms with Crippen LogP contribution < -0.4 is 0 Å². The molecule has 2 aliphatic rings. The molecule has 264 valence electrons. The third-order valence-corrected chi connectivity index (χ3v) is 10.3. The van der Waals surface area contributed by atoms with Crippen LogP contribution in [-0.4, -0.2) is 115 Å². The molecule has 4 aromatic rings. The largest absolute Gasteiger partial charge is 0.388 e. The van der Waals surface area contributed by atoms with Gasteiger partial charge in [0.15, 0.2) is 35.4 Å². The topological polar surface area (TPSA) is 227 Å². The normalized spacial score (nSPS) is 31.7. The molecule has 0 unspecified atom stereocenters. The van der Waals surface area contributed by atoms with Crippen molar-refractivity contribution in [2.24, 2.45) is 0 Å². The van der Waals surface area contributed by atoms with E-state index in [0.717, 1.165) is 20.8 Å². The number of Topliss-reactive ketones (excluding diaryl/α,β-unsaturated/α-hetero) is 3. The number of halogens is 4. The van der Waals surface area contributed by atoms with Crippen molar-refractivity contribution < 1.29 is 54.5 Å². The van der Waals surface area contributed by atoms with E-state index in [0.29, 0.717) is 26.6 Å². The number of ketones is 3. The Kier molecular flexibility index (Phi) is 10.3. The first-order valence-electron chi connectivity index (χ1n) is 14.4. The summed E-state index contributed by atoms with van der Waals surface area (Å²) in [4.78, 5) is 45.4. The monoisotopic (exact) mass is 762 g/mol. The van der Waals surface area contributed by atoms with Crippen molar-refractivity contribution >= 4 is 85.8 Å². The predicted octanol–water partition coefficient (Wildman–Crippen LogP) is 1.79. The Labute approximate surface area is 297 Å². The highest BCUT2D eigenvalue weighted by Gasteiger charge is 2.75. The van der Waals surface area contributed by atoms with Gasteiger partial charge in [0.2, 0.25) is 11.2 Å². The molecule has 2 fully saturated rings. The summed E-state index contributed by atoms with van der Waals surface area (Å²) in [6.07, 6.45) is -3.58. The molecule has 2 aromatic carbocycles. The number of imidazole rings is 2. The summed E-state index contributed by atoms with van der Waals surface area (Å²) in [6.45, 7) is 1.72. The predicted molar refractivity (Wildman–Crippen MR) is 174 cm³/mol. The average Bonchev–Trinajstić information content (AvgIpc) is 3.62. The molecule has 0 radical (unpaired) electrons. The second-order valence-corrected chi connectivity index (χ2v) is 13.4. The average molecular weight is 764 g/mol.